The summed E-state index contributed by atoms with van der Waals surface area (Å²) in [5.74, 6) is -0.147. The molecule has 0 radical (unpaired) electrons. The summed E-state index contributed by atoms with van der Waals surface area (Å²) >= 11 is 5.89. The van der Waals surface area contributed by atoms with E-state index in [0.29, 0.717) is 29.3 Å². The molecular formula is C17H22ClN4O2+. The van der Waals surface area contributed by atoms with Crippen LogP contribution in [-0.2, 0) is 9.59 Å². The first kappa shape index (κ1) is 16.9. The Hall–Kier alpha value is -1.92. The molecule has 24 heavy (non-hydrogen) atoms. The first-order chi connectivity index (χ1) is 11.6. The number of nitrogens with one attached hydrogen (secondary N) is 1. The fourth-order valence-corrected chi connectivity index (χ4v) is 3.18. The maximum Gasteiger partial charge on any atom is 0.270 e. The molecule has 1 aromatic carbocycles. The normalized spacial score (nSPS) is 19.4. The second-order valence-corrected chi connectivity index (χ2v) is 6.56. The van der Waals surface area contributed by atoms with E-state index < -0.39 is 0 Å². The van der Waals surface area contributed by atoms with Crippen molar-refractivity contribution in [2.75, 3.05) is 37.7 Å². The van der Waals surface area contributed by atoms with Crippen LogP contribution in [0.2, 0.25) is 5.02 Å². The number of quaternary nitrogens is 1. The van der Waals surface area contributed by atoms with Gasteiger partial charge in [0.1, 0.15) is 5.71 Å². The van der Waals surface area contributed by atoms with Crippen LogP contribution < -0.4 is 9.91 Å². The molecule has 1 aromatic rings. The molecule has 0 unspecified atom stereocenters. The molecule has 128 valence electrons. The van der Waals surface area contributed by atoms with Crippen LogP contribution in [-0.4, -0.2) is 55.1 Å². The molecule has 1 saturated heterocycles. The third kappa shape index (κ3) is 3.60. The predicted octanol–water partition coefficient (Wildman–Crippen LogP) is 0.570. The Kier molecular flexibility index (Phi) is 5.16. The molecule has 0 spiro atoms. The molecule has 0 aliphatic carbocycles. The van der Waals surface area contributed by atoms with Crippen molar-refractivity contribution in [1.82, 2.24) is 4.90 Å². The molecule has 1 N–H and O–H groups in total. The Bertz CT molecular complexity index is 651. The van der Waals surface area contributed by atoms with Gasteiger partial charge in [0.15, 0.2) is 0 Å². The Morgan fingerprint density at radius 2 is 1.88 bits per heavy atom. The summed E-state index contributed by atoms with van der Waals surface area (Å²) in [6.45, 7) is 6.67. The van der Waals surface area contributed by atoms with Crippen molar-refractivity contribution in [2.45, 2.75) is 19.8 Å². The number of hydrogen-bond donors (Lipinski definition) is 1. The molecule has 2 amide bonds. The van der Waals surface area contributed by atoms with Gasteiger partial charge in [-0.3, -0.25) is 9.59 Å². The maximum atomic E-state index is 12.7. The number of carbonyl (C=O) groups excluding carboxylic acids is 2. The first-order valence-corrected chi connectivity index (χ1v) is 8.75. The Balaban J connectivity index is 1.75. The Morgan fingerprint density at radius 3 is 2.50 bits per heavy atom. The zero-order valence-corrected chi connectivity index (χ0v) is 14.6. The van der Waals surface area contributed by atoms with Crippen LogP contribution in [0.4, 0.5) is 5.69 Å². The van der Waals surface area contributed by atoms with Gasteiger partial charge in [0, 0.05) is 17.9 Å². The highest BCUT2D eigenvalue weighted by Crippen LogP contribution is 2.22. The zero-order valence-electron chi connectivity index (χ0n) is 13.8. The van der Waals surface area contributed by atoms with Crippen molar-refractivity contribution in [2.24, 2.45) is 5.10 Å². The number of amides is 2. The molecule has 2 aliphatic rings. The summed E-state index contributed by atoms with van der Waals surface area (Å²) in [7, 11) is 0. The number of piperazine rings is 1. The fraction of sp³-hybridized carbons (Fsp3) is 0.471. The molecular weight excluding hydrogens is 328 g/mol. The first-order valence-electron chi connectivity index (χ1n) is 8.37. The second kappa shape index (κ2) is 7.32. The van der Waals surface area contributed by atoms with Gasteiger partial charge in [0.25, 0.3) is 5.91 Å². The molecule has 1 fully saturated rings. The summed E-state index contributed by atoms with van der Waals surface area (Å²) in [5.41, 5.74) is 1.10. The van der Waals surface area contributed by atoms with Gasteiger partial charge in [-0.25, -0.2) is 5.01 Å². The van der Waals surface area contributed by atoms with Crippen LogP contribution in [0.15, 0.2) is 29.4 Å². The van der Waals surface area contributed by atoms with Gasteiger partial charge in [0.2, 0.25) is 5.91 Å². The number of halogens is 1. The summed E-state index contributed by atoms with van der Waals surface area (Å²) < 4.78 is 0. The van der Waals surface area contributed by atoms with Crippen LogP contribution in [0.3, 0.4) is 0 Å². The number of nitrogens with zero attached hydrogens (tertiary/aromatic N) is 3. The van der Waals surface area contributed by atoms with E-state index >= 15 is 0 Å². The fourth-order valence-electron chi connectivity index (χ4n) is 3.05. The van der Waals surface area contributed by atoms with Crippen LogP contribution in [0, 0.1) is 0 Å². The number of rotatable bonds is 3. The van der Waals surface area contributed by atoms with Crippen LogP contribution >= 0.6 is 11.6 Å². The molecule has 2 heterocycles. The Morgan fingerprint density at radius 1 is 1.21 bits per heavy atom. The van der Waals surface area contributed by atoms with Crippen molar-refractivity contribution in [3.63, 3.8) is 0 Å². The molecule has 6 nitrogen and oxygen atoms in total. The molecule has 0 atom stereocenters. The standard InChI is InChI=1S/C17H21ClN4O2/c1-2-20-9-11-21(12-10-20)17(24)15-7-8-16(23)22(19-15)14-5-3-13(18)4-6-14/h3-6H,2,7-12H2,1H3/p+1. The molecule has 0 aromatic heterocycles. The lowest BCUT2D eigenvalue weighted by atomic mass is 10.1. The van der Waals surface area contributed by atoms with E-state index in [1.165, 1.54) is 9.91 Å². The number of hydrogen-bond acceptors (Lipinski definition) is 3. The lowest BCUT2D eigenvalue weighted by Gasteiger charge is -2.32. The molecule has 2 aliphatic heterocycles. The van der Waals surface area contributed by atoms with Gasteiger partial charge in [-0.2, -0.15) is 5.10 Å². The third-order valence-electron chi connectivity index (χ3n) is 4.61. The lowest BCUT2D eigenvalue weighted by Crippen LogP contribution is -3.14. The van der Waals surface area contributed by atoms with Crippen molar-refractivity contribution >= 4 is 34.8 Å². The number of likely N-dealkylation sites (N-methyl/N-ethyl adjacent to an activating group) is 1. The number of anilines is 1. The van der Waals surface area contributed by atoms with Gasteiger partial charge >= 0.3 is 0 Å². The average Bonchev–Trinajstić information content (AvgIpc) is 2.62. The van der Waals surface area contributed by atoms with E-state index in [1.807, 2.05) is 4.90 Å². The van der Waals surface area contributed by atoms with Gasteiger partial charge in [-0.1, -0.05) is 11.6 Å². The van der Waals surface area contributed by atoms with Crippen molar-refractivity contribution in [1.29, 1.82) is 0 Å². The molecule has 0 saturated carbocycles. The molecule has 3 rings (SSSR count). The maximum absolute atomic E-state index is 12.7. The van der Waals surface area contributed by atoms with Crippen molar-refractivity contribution in [3.8, 4) is 0 Å². The SMILES string of the molecule is CC[NH+]1CCN(C(=O)C2=NN(c3ccc(Cl)cc3)C(=O)CC2)CC1. The lowest BCUT2D eigenvalue weighted by molar-refractivity contribution is -0.902. The van der Waals surface area contributed by atoms with Gasteiger partial charge in [-0.05, 0) is 31.2 Å². The number of benzene rings is 1. The Labute approximate surface area is 146 Å². The van der Waals surface area contributed by atoms with E-state index in [2.05, 4.69) is 12.0 Å². The van der Waals surface area contributed by atoms with Crippen LogP contribution in [0.25, 0.3) is 0 Å². The summed E-state index contributed by atoms with van der Waals surface area (Å²) in [6.07, 6.45) is 0.704. The van der Waals surface area contributed by atoms with Crippen LogP contribution in [0.5, 0.6) is 0 Å². The minimum atomic E-state index is -0.103. The monoisotopic (exact) mass is 349 g/mol. The highest BCUT2D eigenvalue weighted by atomic mass is 35.5. The highest BCUT2D eigenvalue weighted by molar-refractivity contribution is 6.40. The second-order valence-electron chi connectivity index (χ2n) is 6.12. The smallest absolute Gasteiger partial charge is 0.270 e. The highest BCUT2D eigenvalue weighted by Gasteiger charge is 2.30. The van der Waals surface area contributed by atoms with Crippen molar-refractivity contribution in [3.05, 3.63) is 29.3 Å². The van der Waals surface area contributed by atoms with Gasteiger partial charge in [0.05, 0.1) is 38.4 Å². The van der Waals surface area contributed by atoms with Gasteiger partial charge < -0.3 is 9.80 Å². The largest absolute Gasteiger partial charge is 0.332 e. The average molecular weight is 350 g/mol. The van der Waals surface area contributed by atoms with E-state index in [9.17, 15) is 9.59 Å². The van der Waals surface area contributed by atoms with E-state index in [-0.39, 0.29) is 11.8 Å². The number of hydrazone groups is 1. The molecule has 0 bridgehead atoms. The van der Waals surface area contributed by atoms with E-state index in [4.69, 9.17) is 11.6 Å². The molecule has 7 heteroatoms. The summed E-state index contributed by atoms with van der Waals surface area (Å²) in [5, 5.41) is 6.25. The zero-order chi connectivity index (χ0) is 17.1. The van der Waals surface area contributed by atoms with E-state index in [0.717, 1.165) is 32.7 Å². The quantitative estimate of drug-likeness (QED) is 0.867. The third-order valence-corrected chi connectivity index (χ3v) is 4.86. The van der Waals surface area contributed by atoms with Gasteiger partial charge in [-0.15, -0.1) is 0 Å². The summed E-state index contributed by atoms with van der Waals surface area (Å²) in [6, 6.07) is 6.89. The summed E-state index contributed by atoms with van der Waals surface area (Å²) in [4.78, 5) is 28.2. The van der Waals surface area contributed by atoms with Crippen molar-refractivity contribution < 1.29 is 14.5 Å². The minimum Gasteiger partial charge on any atom is -0.332 e. The topological polar surface area (TPSA) is 57.4 Å². The minimum absolute atomic E-state index is 0.0448. The van der Waals surface area contributed by atoms with E-state index in [1.54, 1.807) is 24.3 Å². The predicted molar refractivity (Wildman–Crippen MR) is 93.4 cm³/mol. The van der Waals surface area contributed by atoms with Crippen LogP contribution in [0.1, 0.15) is 19.8 Å². The number of carbonyl (C=O) groups is 2.